The number of aromatic nitrogens is 1. The molecule has 1 amide bonds. The van der Waals surface area contributed by atoms with Crippen molar-refractivity contribution in [2.45, 2.75) is 6.04 Å². The number of likely N-dealkylation sites (N-methyl/N-ethyl adjacent to an activating group) is 1. The number of para-hydroxylation sites is 1. The molecule has 3 rings (SSSR count). The van der Waals surface area contributed by atoms with E-state index < -0.39 is 0 Å². The Morgan fingerprint density at radius 2 is 2.00 bits per heavy atom. The van der Waals surface area contributed by atoms with Crippen molar-refractivity contribution >= 4 is 16.9 Å². The van der Waals surface area contributed by atoms with Crippen LogP contribution in [0.4, 0.5) is 0 Å². The van der Waals surface area contributed by atoms with Crippen LogP contribution in [0.25, 0.3) is 11.0 Å². The lowest BCUT2D eigenvalue weighted by Gasteiger charge is -2.22. The van der Waals surface area contributed by atoms with Crippen molar-refractivity contribution in [3.63, 3.8) is 0 Å². The van der Waals surface area contributed by atoms with Gasteiger partial charge in [0.2, 0.25) is 0 Å². The molecule has 0 saturated heterocycles. The predicted molar refractivity (Wildman–Crippen MR) is 96.7 cm³/mol. The Kier molecular flexibility index (Phi) is 4.72. The van der Waals surface area contributed by atoms with Crippen LogP contribution in [0.15, 0.2) is 57.9 Å². The summed E-state index contributed by atoms with van der Waals surface area (Å²) in [6.07, 6.45) is 1.62. The number of carbonyl (C=O) groups excluding carboxylic acids is 1. The molecule has 2 aromatic heterocycles. The molecular formula is C19H21N3O3. The summed E-state index contributed by atoms with van der Waals surface area (Å²) in [4.78, 5) is 26.4. The van der Waals surface area contributed by atoms with Gasteiger partial charge in [-0.2, -0.15) is 0 Å². The normalized spacial score (nSPS) is 12.5. The molecule has 3 aromatic rings. The number of aryl methyl sites for hydroxylation is 1. The fourth-order valence-corrected chi connectivity index (χ4v) is 2.76. The maximum absolute atomic E-state index is 12.4. The van der Waals surface area contributed by atoms with Crippen LogP contribution in [0.2, 0.25) is 0 Å². The first kappa shape index (κ1) is 17.0. The summed E-state index contributed by atoms with van der Waals surface area (Å²) < 4.78 is 7.30. The van der Waals surface area contributed by atoms with E-state index in [1.807, 2.05) is 49.3 Å². The summed E-state index contributed by atoms with van der Waals surface area (Å²) in [7, 11) is 5.47. The van der Waals surface area contributed by atoms with E-state index in [0.717, 1.165) is 16.7 Å². The second-order valence-corrected chi connectivity index (χ2v) is 6.21. The zero-order valence-corrected chi connectivity index (χ0v) is 14.5. The van der Waals surface area contributed by atoms with Gasteiger partial charge in [-0.3, -0.25) is 14.5 Å². The first-order valence-electron chi connectivity index (χ1n) is 8.06. The van der Waals surface area contributed by atoms with Crippen LogP contribution in [0.5, 0.6) is 0 Å². The molecule has 0 unspecified atom stereocenters. The summed E-state index contributed by atoms with van der Waals surface area (Å²) in [5.41, 5.74) is 0.629. The number of hydrogen-bond acceptors (Lipinski definition) is 4. The zero-order chi connectivity index (χ0) is 18.0. The van der Waals surface area contributed by atoms with E-state index in [-0.39, 0.29) is 23.1 Å². The Balaban J connectivity index is 1.79. The second kappa shape index (κ2) is 6.94. The van der Waals surface area contributed by atoms with Gasteiger partial charge in [-0.05, 0) is 38.4 Å². The highest BCUT2D eigenvalue weighted by Gasteiger charge is 2.20. The van der Waals surface area contributed by atoms with E-state index in [2.05, 4.69) is 5.32 Å². The molecule has 130 valence electrons. The summed E-state index contributed by atoms with van der Waals surface area (Å²) in [6.45, 7) is 0.337. The molecule has 6 nitrogen and oxygen atoms in total. The highest BCUT2D eigenvalue weighted by Crippen LogP contribution is 2.26. The third-order valence-corrected chi connectivity index (χ3v) is 4.22. The average molecular weight is 339 g/mol. The number of amides is 1. The SMILES string of the molecule is CN(C)[C@H](CNC(=O)c1cccn(C)c1=O)c1cc2ccccc2o1. The fraction of sp³-hybridized carbons (Fsp3) is 0.263. The fourth-order valence-electron chi connectivity index (χ4n) is 2.76. The first-order valence-corrected chi connectivity index (χ1v) is 8.06. The summed E-state index contributed by atoms with van der Waals surface area (Å²) >= 11 is 0. The number of nitrogens with one attached hydrogen (secondary N) is 1. The molecule has 0 aliphatic carbocycles. The minimum atomic E-state index is -0.385. The lowest BCUT2D eigenvalue weighted by Crippen LogP contribution is -2.37. The number of furan rings is 1. The number of hydrogen-bond donors (Lipinski definition) is 1. The quantitative estimate of drug-likeness (QED) is 0.773. The highest BCUT2D eigenvalue weighted by molar-refractivity contribution is 5.93. The summed E-state index contributed by atoms with van der Waals surface area (Å²) in [6, 6.07) is 12.8. The molecule has 0 bridgehead atoms. The van der Waals surface area contributed by atoms with Crippen molar-refractivity contribution in [1.82, 2.24) is 14.8 Å². The third-order valence-electron chi connectivity index (χ3n) is 4.22. The van der Waals surface area contributed by atoms with E-state index in [1.165, 1.54) is 10.6 Å². The van der Waals surface area contributed by atoms with Gasteiger partial charge in [0.25, 0.3) is 11.5 Å². The number of nitrogens with zero attached hydrogens (tertiary/aromatic N) is 2. The Morgan fingerprint density at radius 1 is 1.24 bits per heavy atom. The molecule has 0 saturated carbocycles. The maximum atomic E-state index is 12.4. The minimum Gasteiger partial charge on any atom is -0.459 e. The van der Waals surface area contributed by atoms with Crippen molar-refractivity contribution < 1.29 is 9.21 Å². The largest absolute Gasteiger partial charge is 0.459 e. The molecule has 1 aromatic carbocycles. The standard InChI is InChI=1S/C19H21N3O3/c1-21(2)15(17-11-13-7-4-5-9-16(13)25-17)12-20-18(23)14-8-6-10-22(3)19(14)24/h4-11,15H,12H2,1-3H3,(H,20,23)/t15-/m1/s1. The number of fused-ring (bicyclic) bond motifs is 1. The Hall–Kier alpha value is -2.86. The van der Waals surface area contributed by atoms with E-state index in [1.54, 1.807) is 19.3 Å². The molecule has 6 heteroatoms. The smallest absolute Gasteiger partial charge is 0.263 e. The average Bonchev–Trinajstić information content (AvgIpc) is 3.00. The lowest BCUT2D eigenvalue weighted by molar-refractivity contribution is 0.0937. The van der Waals surface area contributed by atoms with E-state index >= 15 is 0 Å². The Bertz CT molecular complexity index is 923. The van der Waals surface area contributed by atoms with Crippen molar-refractivity contribution in [2.75, 3.05) is 20.6 Å². The van der Waals surface area contributed by atoms with Crippen LogP contribution in [-0.4, -0.2) is 36.0 Å². The van der Waals surface area contributed by atoms with Crippen LogP contribution < -0.4 is 10.9 Å². The number of rotatable bonds is 5. The topological polar surface area (TPSA) is 67.5 Å². The Morgan fingerprint density at radius 3 is 2.72 bits per heavy atom. The van der Waals surface area contributed by atoms with E-state index in [9.17, 15) is 9.59 Å². The van der Waals surface area contributed by atoms with Gasteiger partial charge in [-0.15, -0.1) is 0 Å². The molecule has 0 aliphatic heterocycles. The monoisotopic (exact) mass is 339 g/mol. The van der Waals surface area contributed by atoms with Gasteiger partial charge in [-0.1, -0.05) is 18.2 Å². The van der Waals surface area contributed by atoms with Gasteiger partial charge < -0.3 is 14.3 Å². The number of benzene rings is 1. The highest BCUT2D eigenvalue weighted by atomic mass is 16.3. The molecular weight excluding hydrogens is 318 g/mol. The van der Waals surface area contributed by atoms with E-state index in [0.29, 0.717) is 6.54 Å². The van der Waals surface area contributed by atoms with Crippen LogP contribution >= 0.6 is 0 Å². The van der Waals surface area contributed by atoms with Crippen LogP contribution in [0, 0.1) is 0 Å². The molecule has 0 spiro atoms. The molecule has 0 radical (unpaired) electrons. The predicted octanol–water partition coefficient (Wildman–Crippen LogP) is 2.16. The summed E-state index contributed by atoms with van der Waals surface area (Å²) in [5, 5.41) is 3.86. The van der Waals surface area contributed by atoms with Gasteiger partial charge in [0.1, 0.15) is 16.9 Å². The maximum Gasteiger partial charge on any atom is 0.263 e. The van der Waals surface area contributed by atoms with Gasteiger partial charge in [0.15, 0.2) is 0 Å². The third kappa shape index (κ3) is 3.49. The lowest BCUT2D eigenvalue weighted by atomic mass is 10.1. The van der Waals surface area contributed by atoms with Gasteiger partial charge in [-0.25, -0.2) is 0 Å². The van der Waals surface area contributed by atoms with Gasteiger partial charge >= 0.3 is 0 Å². The number of carbonyl (C=O) groups is 1. The summed E-state index contributed by atoms with van der Waals surface area (Å²) in [5.74, 6) is 0.386. The second-order valence-electron chi connectivity index (χ2n) is 6.21. The first-order chi connectivity index (χ1) is 12.0. The van der Waals surface area contributed by atoms with Crippen LogP contribution in [0.3, 0.4) is 0 Å². The molecule has 0 aliphatic rings. The van der Waals surface area contributed by atoms with Crippen LogP contribution in [0.1, 0.15) is 22.2 Å². The molecule has 1 atom stereocenters. The van der Waals surface area contributed by atoms with Crippen molar-refractivity contribution in [3.8, 4) is 0 Å². The minimum absolute atomic E-state index is 0.132. The van der Waals surface area contributed by atoms with Crippen molar-refractivity contribution in [1.29, 1.82) is 0 Å². The molecule has 2 heterocycles. The van der Waals surface area contributed by atoms with Crippen molar-refractivity contribution in [2.24, 2.45) is 7.05 Å². The zero-order valence-electron chi connectivity index (χ0n) is 14.5. The Labute approximate surface area is 145 Å². The van der Waals surface area contributed by atoms with Gasteiger partial charge in [0.05, 0.1) is 6.04 Å². The number of pyridine rings is 1. The molecule has 0 fully saturated rings. The molecule has 1 N–H and O–H groups in total. The van der Waals surface area contributed by atoms with Gasteiger partial charge in [0, 0.05) is 25.2 Å². The molecule has 25 heavy (non-hydrogen) atoms. The van der Waals surface area contributed by atoms with Crippen LogP contribution in [-0.2, 0) is 7.05 Å². The van der Waals surface area contributed by atoms with Crippen molar-refractivity contribution in [3.05, 3.63) is 70.3 Å². The van der Waals surface area contributed by atoms with E-state index in [4.69, 9.17) is 4.42 Å².